The van der Waals surface area contributed by atoms with E-state index in [2.05, 4.69) is 25.5 Å². The molecular formula is C21H21N5O3. The summed E-state index contributed by atoms with van der Waals surface area (Å²) in [7, 11) is 0. The average Bonchev–Trinajstić information content (AvgIpc) is 3.30. The highest BCUT2D eigenvalue weighted by Crippen LogP contribution is 2.16. The molecule has 8 nitrogen and oxygen atoms in total. The van der Waals surface area contributed by atoms with E-state index in [-0.39, 0.29) is 23.6 Å². The van der Waals surface area contributed by atoms with Crippen LogP contribution in [0.4, 0.5) is 11.6 Å². The summed E-state index contributed by atoms with van der Waals surface area (Å²) in [5.74, 6) is 0.437. The van der Waals surface area contributed by atoms with Crippen LogP contribution in [0.5, 0.6) is 0 Å². The van der Waals surface area contributed by atoms with Crippen molar-refractivity contribution in [2.45, 2.75) is 18.9 Å². The van der Waals surface area contributed by atoms with Crippen LogP contribution in [0.15, 0.2) is 65.5 Å². The molecule has 2 aromatic heterocycles. The number of furan rings is 1. The van der Waals surface area contributed by atoms with E-state index < -0.39 is 0 Å². The Morgan fingerprint density at radius 1 is 1.03 bits per heavy atom. The Bertz CT molecular complexity index is 958. The molecule has 0 spiro atoms. The summed E-state index contributed by atoms with van der Waals surface area (Å²) in [5.41, 5.74) is 1.13. The first-order valence-corrected chi connectivity index (χ1v) is 9.47. The summed E-state index contributed by atoms with van der Waals surface area (Å²) in [5, 5.41) is 5.81. The van der Waals surface area contributed by atoms with E-state index in [1.807, 2.05) is 0 Å². The second-order valence-corrected chi connectivity index (χ2v) is 6.82. The van der Waals surface area contributed by atoms with Gasteiger partial charge in [0.15, 0.2) is 5.76 Å². The molecule has 1 aliphatic rings. The number of aromatic nitrogens is 2. The molecule has 2 N–H and O–H groups in total. The Kier molecular flexibility index (Phi) is 5.51. The molecule has 0 aliphatic carbocycles. The van der Waals surface area contributed by atoms with Crippen LogP contribution in [0, 0.1) is 0 Å². The minimum absolute atomic E-state index is 0.0263. The first-order chi connectivity index (χ1) is 14.2. The van der Waals surface area contributed by atoms with Gasteiger partial charge in [-0.2, -0.15) is 0 Å². The fourth-order valence-corrected chi connectivity index (χ4v) is 3.31. The van der Waals surface area contributed by atoms with Crippen LogP contribution < -0.4 is 15.5 Å². The largest absolute Gasteiger partial charge is 0.459 e. The van der Waals surface area contributed by atoms with Crippen molar-refractivity contribution in [1.29, 1.82) is 0 Å². The molecule has 3 aromatic rings. The zero-order chi connectivity index (χ0) is 20.1. The standard InChI is InChI=1S/C21H21N5O3/c27-19(25-17-4-1-12-26(14-17)21-22-10-3-11-23-21)15-6-8-16(9-7-15)24-20(28)18-5-2-13-29-18/h2-3,5-11,13,17H,1,4,12,14H2,(H,24,28)(H,25,27)/t17-/m1/s1. The predicted molar refractivity (Wildman–Crippen MR) is 108 cm³/mol. The Hall–Kier alpha value is -3.68. The Balaban J connectivity index is 1.34. The fourth-order valence-electron chi connectivity index (χ4n) is 3.31. The Labute approximate surface area is 168 Å². The van der Waals surface area contributed by atoms with Crippen LogP contribution in [0.25, 0.3) is 0 Å². The van der Waals surface area contributed by atoms with Crippen molar-refractivity contribution >= 4 is 23.5 Å². The van der Waals surface area contributed by atoms with Crippen molar-refractivity contribution in [1.82, 2.24) is 15.3 Å². The number of hydrogen-bond acceptors (Lipinski definition) is 6. The van der Waals surface area contributed by atoms with Crippen molar-refractivity contribution in [2.75, 3.05) is 23.3 Å². The lowest BCUT2D eigenvalue weighted by atomic mass is 10.1. The molecule has 0 radical (unpaired) electrons. The lowest BCUT2D eigenvalue weighted by Gasteiger charge is -2.33. The van der Waals surface area contributed by atoms with E-state index in [1.165, 1.54) is 6.26 Å². The van der Waals surface area contributed by atoms with Gasteiger partial charge in [-0.15, -0.1) is 0 Å². The van der Waals surface area contributed by atoms with Gasteiger partial charge in [-0.25, -0.2) is 9.97 Å². The molecule has 0 unspecified atom stereocenters. The van der Waals surface area contributed by atoms with Crippen LogP contribution in [-0.2, 0) is 0 Å². The highest BCUT2D eigenvalue weighted by atomic mass is 16.3. The van der Waals surface area contributed by atoms with Gasteiger partial charge in [-0.3, -0.25) is 9.59 Å². The molecule has 4 rings (SSSR count). The van der Waals surface area contributed by atoms with E-state index in [1.54, 1.807) is 54.9 Å². The number of carbonyl (C=O) groups is 2. The minimum Gasteiger partial charge on any atom is -0.459 e. The molecule has 3 heterocycles. The number of rotatable bonds is 5. The number of anilines is 2. The van der Waals surface area contributed by atoms with E-state index in [0.29, 0.717) is 23.7 Å². The first kappa shape index (κ1) is 18.7. The number of amides is 2. The van der Waals surface area contributed by atoms with Crippen molar-refractivity contribution in [2.24, 2.45) is 0 Å². The third-order valence-corrected chi connectivity index (χ3v) is 4.74. The van der Waals surface area contributed by atoms with E-state index in [0.717, 1.165) is 19.4 Å². The summed E-state index contributed by atoms with van der Waals surface area (Å²) in [4.78, 5) is 35.3. The number of hydrogen-bond donors (Lipinski definition) is 2. The van der Waals surface area contributed by atoms with Crippen molar-refractivity contribution in [3.8, 4) is 0 Å². The van der Waals surface area contributed by atoms with E-state index in [9.17, 15) is 9.59 Å². The van der Waals surface area contributed by atoms with Gasteiger partial charge in [0, 0.05) is 42.8 Å². The summed E-state index contributed by atoms with van der Waals surface area (Å²) < 4.78 is 5.07. The number of piperidine rings is 1. The van der Waals surface area contributed by atoms with Gasteiger partial charge < -0.3 is 20.0 Å². The van der Waals surface area contributed by atoms with Crippen molar-refractivity contribution in [3.05, 3.63) is 72.4 Å². The highest BCUT2D eigenvalue weighted by molar-refractivity contribution is 6.02. The third-order valence-electron chi connectivity index (χ3n) is 4.74. The molecule has 1 saturated heterocycles. The van der Waals surface area contributed by atoms with Crippen LogP contribution in [0.2, 0.25) is 0 Å². The second-order valence-electron chi connectivity index (χ2n) is 6.82. The summed E-state index contributed by atoms with van der Waals surface area (Å²) in [6, 6.07) is 11.8. The first-order valence-electron chi connectivity index (χ1n) is 9.47. The predicted octanol–water partition coefficient (Wildman–Crippen LogP) is 2.72. The number of nitrogens with zero attached hydrogens (tertiary/aromatic N) is 3. The van der Waals surface area contributed by atoms with Gasteiger partial charge >= 0.3 is 0 Å². The Morgan fingerprint density at radius 2 is 1.83 bits per heavy atom. The van der Waals surface area contributed by atoms with Crippen LogP contribution in [-0.4, -0.2) is 40.9 Å². The maximum Gasteiger partial charge on any atom is 0.291 e. The molecule has 8 heteroatoms. The maximum atomic E-state index is 12.6. The monoisotopic (exact) mass is 391 g/mol. The van der Waals surface area contributed by atoms with Gasteiger partial charge in [0.05, 0.1) is 6.26 Å². The molecule has 1 aromatic carbocycles. The van der Waals surface area contributed by atoms with Gasteiger partial charge in [0.1, 0.15) is 0 Å². The zero-order valence-corrected chi connectivity index (χ0v) is 15.7. The van der Waals surface area contributed by atoms with Crippen molar-refractivity contribution in [3.63, 3.8) is 0 Å². The molecule has 2 amide bonds. The average molecular weight is 391 g/mol. The normalized spacial score (nSPS) is 16.3. The molecule has 148 valence electrons. The van der Waals surface area contributed by atoms with E-state index >= 15 is 0 Å². The lowest BCUT2D eigenvalue weighted by Crippen LogP contribution is -2.48. The molecule has 0 bridgehead atoms. The Morgan fingerprint density at radius 3 is 2.55 bits per heavy atom. The quantitative estimate of drug-likeness (QED) is 0.694. The lowest BCUT2D eigenvalue weighted by molar-refractivity contribution is 0.0932. The smallest absolute Gasteiger partial charge is 0.291 e. The second kappa shape index (κ2) is 8.55. The topological polar surface area (TPSA) is 100 Å². The van der Waals surface area contributed by atoms with Crippen molar-refractivity contribution < 1.29 is 14.0 Å². The van der Waals surface area contributed by atoms with Gasteiger partial charge in [-0.1, -0.05) is 0 Å². The SMILES string of the molecule is O=C(N[C@@H]1CCCN(c2ncccn2)C1)c1ccc(NC(=O)c2ccco2)cc1. The van der Waals surface area contributed by atoms with Crippen LogP contribution in [0.1, 0.15) is 33.8 Å². The van der Waals surface area contributed by atoms with Crippen LogP contribution >= 0.6 is 0 Å². The molecule has 1 atom stereocenters. The molecule has 1 aliphatic heterocycles. The minimum atomic E-state index is -0.336. The number of carbonyl (C=O) groups excluding carboxylic acids is 2. The molecule has 0 saturated carbocycles. The number of nitrogens with one attached hydrogen (secondary N) is 2. The van der Waals surface area contributed by atoms with Crippen LogP contribution in [0.3, 0.4) is 0 Å². The highest BCUT2D eigenvalue weighted by Gasteiger charge is 2.23. The fraction of sp³-hybridized carbons (Fsp3) is 0.238. The van der Waals surface area contributed by atoms with E-state index in [4.69, 9.17) is 4.42 Å². The maximum absolute atomic E-state index is 12.6. The summed E-state index contributed by atoms with van der Waals surface area (Å²) in [6.45, 7) is 1.55. The summed E-state index contributed by atoms with van der Waals surface area (Å²) >= 11 is 0. The van der Waals surface area contributed by atoms with Gasteiger partial charge in [0.2, 0.25) is 5.95 Å². The van der Waals surface area contributed by atoms with Gasteiger partial charge in [0.25, 0.3) is 11.8 Å². The third kappa shape index (κ3) is 4.60. The van der Waals surface area contributed by atoms with Gasteiger partial charge in [-0.05, 0) is 55.3 Å². The molecule has 1 fully saturated rings. The summed E-state index contributed by atoms with van der Waals surface area (Å²) in [6.07, 6.45) is 6.75. The number of benzene rings is 1. The molecule has 29 heavy (non-hydrogen) atoms. The molecular weight excluding hydrogens is 370 g/mol. The zero-order valence-electron chi connectivity index (χ0n) is 15.7.